The molecule has 0 radical (unpaired) electrons. The molecule has 0 N–H and O–H groups in total. The lowest BCUT2D eigenvalue weighted by Gasteiger charge is -2.32. The Bertz CT molecular complexity index is 1110. The van der Waals surface area contributed by atoms with Crippen LogP contribution < -0.4 is 4.90 Å². The average Bonchev–Trinajstić information content (AvgIpc) is 3.12. The molecule has 2 aliphatic heterocycles. The Morgan fingerprint density at radius 1 is 1.16 bits per heavy atom. The van der Waals surface area contributed by atoms with E-state index in [0.29, 0.717) is 49.8 Å². The van der Waals surface area contributed by atoms with E-state index in [-0.39, 0.29) is 16.7 Å². The van der Waals surface area contributed by atoms with Gasteiger partial charge in [-0.25, -0.2) is 18.4 Å². The maximum Gasteiger partial charge on any atom is 0.246 e. The number of aryl methyl sites for hydroxylation is 3. The van der Waals surface area contributed by atoms with Crippen LogP contribution in [0.4, 0.5) is 5.82 Å². The van der Waals surface area contributed by atoms with Crippen molar-refractivity contribution >= 4 is 21.7 Å². The van der Waals surface area contributed by atoms with Crippen molar-refractivity contribution in [2.45, 2.75) is 70.2 Å². The zero-order valence-electron chi connectivity index (χ0n) is 18.6. The Balaban J connectivity index is 1.62. The molecule has 1 fully saturated rings. The van der Waals surface area contributed by atoms with Gasteiger partial charge in [0, 0.05) is 56.5 Å². The van der Waals surface area contributed by atoms with E-state index in [2.05, 4.69) is 5.10 Å². The van der Waals surface area contributed by atoms with Crippen LogP contribution in [0.1, 0.15) is 61.3 Å². The molecule has 0 unspecified atom stereocenters. The number of aromatic nitrogens is 4. The predicted molar refractivity (Wildman–Crippen MR) is 116 cm³/mol. The second-order valence-electron chi connectivity index (χ2n) is 8.47. The topological polar surface area (TPSA) is 101 Å². The van der Waals surface area contributed by atoms with Crippen LogP contribution in [-0.4, -0.2) is 58.5 Å². The number of amides is 1. The lowest BCUT2D eigenvalue weighted by atomic mass is 9.97. The summed E-state index contributed by atoms with van der Waals surface area (Å²) in [5, 5.41) is 4.36. The summed E-state index contributed by atoms with van der Waals surface area (Å²) < 4.78 is 30.0. The highest BCUT2D eigenvalue weighted by Gasteiger charge is 2.35. The van der Waals surface area contributed by atoms with Crippen molar-refractivity contribution in [3.63, 3.8) is 0 Å². The van der Waals surface area contributed by atoms with E-state index in [1.54, 1.807) is 29.7 Å². The molecule has 4 rings (SSSR count). The third-order valence-corrected chi connectivity index (χ3v) is 8.18. The molecule has 2 aliphatic rings. The minimum absolute atomic E-state index is 0.0453. The third kappa shape index (κ3) is 3.98. The molecule has 168 valence electrons. The number of hydrogen-bond acceptors (Lipinski definition) is 6. The largest absolute Gasteiger partial charge is 0.300 e. The molecule has 0 bridgehead atoms. The fourth-order valence-electron chi connectivity index (χ4n) is 4.48. The van der Waals surface area contributed by atoms with Gasteiger partial charge >= 0.3 is 0 Å². The van der Waals surface area contributed by atoms with Crippen molar-refractivity contribution in [1.82, 2.24) is 24.1 Å². The van der Waals surface area contributed by atoms with Crippen LogP contribution >= 0.6 is 0 Å². The van der Waals surface area contributed by atoms with Crippen LogP contribution in [0, 0.1) is 13.8 Å². The molecular formula is C21H30N6O3S. The van der Waals surface area contributed by atoms with Gasteiger partial charge in [-0.05, 0) is 39.5 Å². The van der Waals surface area contributed by atoms with Crippen LogP contribution in [0.2, 0.25) is 0 Å². The van der Waals surface area contributed by atoms with Gasteiger partial charge in [0.15, 0.2) is 0 Å². The maximum absolute atomic E-state index is 13.4. The number of rotatable bonds is 5. The molecule has 9 nitrogen and oxygen atoms in total. The van der Waals surface area contributed by atoms with E-state index in [9.17, 15) is 13.2 Å². The molecule has 0 aromatic carbocycles. The number of anilines is 1. The lowest BCUT2D eigenvalue weighted by molar-refractivity contribution is -0.118. The fourth-order valence-corrected chi connectivity index (χ4v) is 6.17. The summed E-state index contributed by atoms with van der Waals surface area (Å²) in [5.41, 5.74) is 2.40. The van der Waals surface area contributed by atoms with E-state index >= 15 is 0 Å². The first kappa shape index (κ1) is 21.9. The summed E-state index contributed by atoms with van der Waals surface area (Å²) in [6, 6.07) is 0. The fraction of sp³-hybridized carbons (Fsp3) is 0.619. The summed E-state index contributed by atoms with van der Waals surface area (Å²) in [7, 11) is -1.91. The molecule has 0 saturated carbocycles. The number of nitrogens with zero attached hydrogens (tertiary/aromatic N) is 6. The van der Waals surface area contributed by atoms with Crippen molar-refractivity contribution in [2.75, 3.05) is 25.0 Å². The van der Waals surface area contributed by atoms with E-state index in [1.165, 1.54) is 4.31 Å². The van der Waals surface area contributed by atoms with Crippen molar-refractivity contribution in [3.05, 3.63) is 29.0 Å². The highest BCUT2D eigenvalue weighted by molar-refractivity contribution is 7.89. The van der Waals surface area contributed by atoms with Gasteiger partial charge in [-0.15, -0.1) is 0 Å². The van der Waals surface area contributed by atoms with Gasteiger partial charge in [0.2, 0.25) is 15.9 Å². The Labute approximate surface area is 183 Å². The second-order valence-corrected chi connectivity index (χ2v) is 10.4. The molecule has 0 aliphatic carbocycles. The lowest BCUT2D eigenvalue weighted by Crippen LogP contribution is -2.40. The predicted octanol–water partition coefficient (Wildman–Crippen LogP) is 2.18. The Morgan fingerprint density at radius 3 is 2.68 bits per heavy atom. The number of sulfonamides is 1. The molecule has 4 heterocycles. The van der Waals surface area contributed by atoms with Crippen molar-refractivity contribution in [1.29, 1.82) is 0 Å². The van der Waals surface area contributed by atoms with Crippen molar-refractivity contribution in [3.8, 4) is 0 Å². The standard InChI is InChI=1S/C21H30N6O3S/c1-5-10-26-13-18(15(3)24-26)31(29,30)27-11-6-7-16(12-27)20-22-14(2)17-8-9-19(28)25(4)21(17)23-20/h13,16H,5-12H2,1-4H3/t16-/m1/s1. The first-order valence-electron chi connectivity index (χ1n) is 10.9. The van der Waals surface area contributed by atoms with Gasteiger partial charge in [0.05, 0.1) is 5.69 Å². The van der Waals surface area contributed by atoms with Gasteiger partial charge in [-0.3, -0.25) is 14.4 Å². The first-order chi connectivity index (χ1) is 14.7. The number of fused-ring (bicyclic) bond motifs is 1. The van der Waals surface area contributed by atoms with E-state index < -0.39 is 10.0 Å². The van der Waals surface area contributed by atoms with Gasteiger partial charge in [0.25, 0.3) is 0 Å². The Morgan fingerprint density at radius 2 is 1.94 bits per heavy atom. The Hall–Kier alpha value is -2.33. The van der Waals surface area contributed by atoms with Crippen molar-refractivity contribution < 1.29 is 13.2 Å². The molecule has 1 atom stereocenters. The number of hydrogen-bond donors (Lipinski definition) is 0. The molecule has 10 heteroatoms. The Kier molecular flexibility index (Phi) is 5.87. The van der Waals surface area contributed by atoms with Gasteiger partial charge < -0.3 is 0 Å². The van der Waals surface area contributed by atoms with Crippen LogP contribution in [0.3, 0.4) is 0 Å². The maximum atomic E-state index is 13.4. The number of carbonyl (C=O) groups excluding carboxylic acids is 1. The zero-order chi connectivity index (χ0) is 22.3. The quantitative estimate of drug-likeness (QED) is 0.698. The van der Waals surface area contributed by atoms with Gasteiger partial charge in [-0.2, -0.15) is 9.40 Å². The number of carbonyl (C=O) groups is 1. The highest BCUT2D eigenvalue weighted by atomic mass is 32.2. The van der Waals surface area contributed by atoms with E-state index in [0.717, 1.165) is 30.5 Å². The molecule has 31 heavy (non-hydrogen) atoms. The molecular weight excluding hydrogens is 416 g/mol. The molecule has 2 aromatic heterocycles. The van der Waals surface area contributed by atoms with Crippen LogP contribution in [0.15, 0.2) is 11.1 Å². The minimum Gasteiger partial charge on any atom is -0.300 e. The van der Waals surface area contributed by atoms with E-state index in [4.69, 9.17) is 9.97 Å². The van der Waals surface area contributed by atoms with Crippen molar-refractivity contribution in [2.24, 2.45) is 0 Å². The molecule has 1 amide bonds. The third-order valence-electron chi connectivity index (χ3n) is 6.21. The van der Waals surface area contributed by atoms with Gasteiger partial charge in [0.1, 0.15) is 16.5 Å². The van der Waals surface area contributed by atoms with Crippen LogP contribution in [0.5, 0.6) is 0 Å². The van der Waals surface area contributed by atoms with Crippen LogP contribution in [-0.2, 0) is 27.8 Å². The summed E-state index contributed by atoms with van der Waals surface area (Å²) in [5.74, 6) is 1.22. The van der Waals surface area contributed by atoms with Gasteiger partial charge in [-0.1, -0.05) is 6.92 Å². The summed E-state index contributed by atoms with van der Waals surface area (Å²) in [6.07, 6.45) is 5.19. The monoisotopic (exact) mass is 446 g/mol. The van der Waals surface area contributed by atoms with E-state index in [1.807, 2.05) is 13.8 Å². The van der Waals surface area contributed by atoms with Crippen LogP contribution in [0.25, 0.3) is 0 Å². The smallest absolute Gasteiger partial charge is 0.246 e. The molecule has 1 saturated heterocycles. The second kappa shape index (κ2) is 8.31. The number of piperidine rings is 1. The normalized spacial score (nSPS) is 20.2. The highest BCUT2D eigenvalue weighted by Crippen LogP contribution is 2.33. The first-order valence-corrected chi connectivity index (χ1v) is 12.3. The zero-order valence-corrected chi connectivity index (χ0v) is 19.4. The average molecular weight is 447 g/mol. The molecule has 2 aromatic rings. The summed E-state index contributed by atoms with van der Waals surface area (Å²) >= 11 is 0. The summed E-state index contributed by atoms with van der Waals surface area (Å²) in [6.45, 7) is 7.20. The summed E-state index contributed by atoms with van der Waals surface area (Å²) in [4.78, 5) is 23.5. The molecule has 0 spiro atoms. The SMILES string of the molecule is CCCn1cc(S(=O)(=O)N2CCC[C@@H](c3nc(C)c4c(n3)N(C)C(=O)CC4)C2)c(C)n1. The minimum atomic E-state index is -3.65.